The molecule has 2 bridgehead atoms. The molecule has 1 aromatic carbocycles. The highest BCUT2D eigenvalue weighted by Crippen LogP contribution is 2.33. The zero-order valence-corrected chi connectivity index (χ0v) is 73.4. The summed E-state index contributed by atoms with van der Waals surface area (Å²) < 4.78 is 0. The zero-order valence-electron chi connectivity index (χ0n) is 71.8. The number of H-pyrrole nitrogens is 1. The van der Waals surface area contributed by atoms with Crippen LogP contribution in [0.4, 0.5) is 0 Å². The van der Waals surface area contributed by atoms with Crippen LogP contribution in [-0.4, -0.2) is 309 Å². The number of aliphatic hydroxyl groups is 1. The van der Waals surface area contributed by atoms with Gasteiger partial charge in [0.2, 0.25) is 70.9 Å². The Morgan fingerprint density at radius 2 is 1.43 bits per heavy atom. The summed E-state index contributed by atoms with van der Waals surface area (Å²) in [6.45, 7) is 6.01. The molecule has 6 aliphatic heterocycles. The molecule has 13 atom stereocenters. The predicted octanol–water partition coefficient (Wildman–Crippen LogP) is -0.788. The van der Waals surface area contributed by atoms with Crippen LogP contribution in [-0.2, 0) is 80.0 Å². The van der Waals surface area contributed by atoms with E-state index in [0.717, 1.165) is 34.4 Å². The Balaban J connectivity index is 1.08. The number of carbonyl (C=O) groups excluding carboxylic acids is 13. The molecule has 6 fully saturated rings. The monoisotopic (exact) mass is 1780 g/mol. The fourth-order valence-electron chi connectivity index (χ4n) is 16.7. The van der Waals surface area contributed by atoms with E-state index >= 15 is 24.0 Å². The second-order valence-electron chi connectivity index (χ2n) is 33.3. The summed E-state index contributed by atoms with van der Waals surface area (Å²) in [5.41, 5.74) is 32.2. The summed E-state index contributed by atoms with van der Waals surface area (Å²) in [6.07, 6.45) is 9.16. The number of imidazole rings is 1. The van der Waals surface area contributed by atoms with Crippen LogP contribution in [0.15, 0.2) is 58.0 Å². The highest BCUT2D eigenvalue weighted by atomic mass is 33.1. The number of aliphatic carboxylic acids is 1. The van der Waals surface area contributed by atoms with E-state index < -0.39 is 131 Å². The normalized spacial score (nSPS) is 23.1. The van der Waals surface area contributed by atoms with E-state index in [4.69, 9.17) is 28.5 Å². The van der Waals surface area contributed by atoms with E-state index in [-0.39, 0.29) is 208 Å². The van der Waals surface area contributed by atoms with Crippen LogP contribution >= 0.6 is 21.6 Å². The Hall–Kier alpha value is -10.4. The van der Waals surface area contributed by atoms with E-state index in [9.17, 15) is 53.4 Å². The van der Waals surface area contributed by atoms with Gasteiger partial charge < -0.3 is 101 Å². The number of likely N-dealkylation sites (tertiary alicyclic amines) is 1. The molecule has 7 heterocycles. The van der Waals surface area contributed by atoms with Gasteiger partial charge in [0.05, 0.1) is 31.4 Å². The van der Waals surface area contributed by atoms with Crippen molar-refractivity contribution >= 4 is 116 Å². The number of Topliss-reactive ketones (excluding diaryl/α,β-unsaturated/α-hetero) is 1. The van der Waals surface area contributed by atoms with Gasteiger partial charge in [-0.1, -0.05) is 77.3 Å². The van der Waals surface area contributed by atoms with Crippen molar-refractivity contribution in [3.8, 4) is 0 Å². The third kappa shape index (κ3) is 33.2. The van der Waals surface area contributed by atoms with Crippen LogP contribution in [0.5, 0.6) is 0 Å². The number of piperazine rings is 1. The van der Waals surface area contributed by atoms with Gasteiger partial charge in [-0.25, -0.2) is 9.78 Å². The standard InChI is InChI=1S/C82H129N25O16S2/c1-51(2)40-62(99-73(115)59(21-11-30-91-81(83)84)97-76(118)65-23-15-36-106(65)78(120)61(22-12-31-92-82(85)86)98-74(116)60-27-28-68(110)95-60)75(117)101-64-49-125-124-48-54(71(113)100-63(80(122)123)41-52-16-5-3-6-17-52)42-67(109)53-18-13-35-107(79(64)121)66(43-55-44-88-50-93-55)77(119)96-58(72(114)90-33-37-103-34-14-19-56(103)26-25-53)20-8-10-29-89-69(111)46-104-38-39-105(45-57(104)47-108)70(112)24-7-4-9-32-94-102-87/h3,5-6,16-17,44,50-51,53-54,56-66,108H,4,7-15,18-43,45-49H2,1-2H3,(H,88,93)(H,89,111)(H,90,114)(H,95,110)(H,96,119)(H,97,118)(H,98,116)(H,99,115)(H,100,113)(H,101,117)(H,122,123)(H4,83,84,91)(H4,85,86,92)/t53-,54?,56+,57?,58+,59+,60+,61+,62+,63+,64+,65+,66+/m1/s1. The molecule has 0 saturated carbocycles. The average molecular weight is 1790 g/mol. The Labute approximate surface area is 736 Å². The number of nitrogens with one attached hydrogen (secondary N) is 10. The van der Waals surface area contributed by atoms with Crippen LogP contribution in [0.2, 0.25) is 0 Å². The number of fused-ring (bicyclic) bond motifs is 5. The summed E-state index contributed by atoms with van der Waals surface area (Å²) in [5.74, 6) is -11.6. The van der Waals surface area contributed by atoms with E-state index in [2.05, 4.69) is 82.7 Å². The zero-order chi connectivity index (χ0) is 90.3. The third-order valence-electron chi connectivity index (χ3n) is 23.5. The first-order valence-electron chi connectivity index (χ1n) is 43.9. The number of carboxylic acids is 1. The van der Waals surface area contributed by atoms with Crippen LogP contribution in [0.3, 0.4) is 0 Å². The van der Waals surface area contributed by atoms with Crippen molar-refractivity contribution < 1.29 is 77.3 Å². The molecular weight excluding hydrogens is 1660 g/mol. The number of guanidine groups is 2. The van der Waals surface area contributed by atoms with Crippen molar-refractivity contribution in [2.45, 2.75) is 241 Å². The molecule has 43 heteroatoms. The summed E-state index contributed by atoms with van der Waals surface area (Å²) >= 11 is 0. The molecular formula is C82H129N25O16S2. The molecule has 2 aromatic rings. The molecule has 8 rings (SSSR count). The molecule has 2 unspecified atom stereocenters. The second-order valence-corrected chi connectivity index (χ2v) is 35.9. The fourth-order valence-corrected chi connectivity index (χ4v) is 19.2. The minimum absolute atomic E-state index is 0.00500. The maximum atomic E-state index is 16.4. The summed E-state index contributed by atoms with van der Waals surface area (Å²) in [7, 11) is 2.16. The lowest BCUT2D eigenvalue weighted by molar-refractivity contribution is -0.144. The Morgan fingerprint density at radius 1 is 0.712 bits per heavy atom. The molecule has 41 nitrogen and oxygen atoms in total. The molecule has 6 aliphatic rings. The number of aromatic nitrogens is 2. The second kappa shape index (κ2) is 52.6. The number of rotatable bonds is 40. The molecule has 0 radical (unpaired) electrons. The number of aliphatic hydroxyl groups excluding tert-OH is 1. The van der Waals surface area contributed by atoms with E-state index in [1.54, 1.807) is 49.1 Å². The number of aromatic amines is 1. The molecule has 12 amide bonds. The van der Waals surface area contributed by atoms with E-state index in [1.807, 2.05) is 4.90 Å². The quantitative estimate of drug-likeness (QED) is 0.00739. The average Bonchev–Trinajstić information content (AvgIpc) is 1.81. The Kier molecular flexibility index (Phi) is 42.1. The first-order valence-corrected chi connectivity index (χ1v) is 46.3. The third-order valence-corrected chi connectivity index (χ3v) is 26.0. The molecule has 125 heavy (non-hydrogen) atoms. The molecule has 690 valence electrons. The van der Waals surface area contributed by atoms with Gasteiger partial charge in [-0.05, 0) is 146 Å². The van der Waals surface area contributed by atoms with Crippen molar-refractivity contribution in [3.63, 3.8) is 0 Å². The number of hydrogen-bond acceptors (Lipinski definition) is 23. The van der Waals surface area contributed by atoms with Crippen LogP contribution in [0.1, 0.15) is 173 Å². The Bertz CT molecular complexity index is 4040. The number of ketones is 1. The summed E-state index contributed by atoms with van der Waals surface area (Å²) in [4.78, 5) is 229. The number of unbranched alkanes of at least 4 members (excludes halogenated alkanes) is 3. The minimum Gasteiger partial charge on any atom is -0.480 e. The number of azide groups is 1. The maximum absolute atomic E-state index is 16.4. The van der Waals surface area contributed by atoms with E-state index in [0.29, 0.717) is 102 Å². The maximum Gasteiger partial charge on any atom is 0.326 e. The number of nitrogens with zero attached hydrogens (tertiary/aromatic N) is 11. The number of aliphatic imine (C=N–C) groups is 2. The topological polar surface area (TPSA) is 610 Å². The summed E-state index contributed by atoms with van der Waals surface area (Å²) in [6, 6.07) is -3.44. The van der Waals surface area contributed by atoms with Crippen molar-refractivity contribution in [3.05, 3.63) is 64.6 Å². The molecule has 6 saturated heterocycles. The lowest BCUT2D eigenvalue weighted by atomic mass is 9.86. The molecule has 0 spiro atoms. The number of hydrogen-bond donors (Lipinski definition) is 16. The van der Waals surface area contributed by atoms with Crippen LogP contribution < -0.4 is 70.8 Å². The lowest BCUT2D eigenvalue weighted by Gasteiger charge is -2.40. The van der Waals surface area contributed by atoms with E-state index in [1.165, 1.54) is 22.3 Å². The van der Waals surface area contributed by atoms with Gasteiger partial charge in [0.25, 0.3) is 0 Å². The minimum atomic E-state index is -1.56. The first kappa shape index (κ1) is 100. The van der Waals surface area contributed by atoms with Crippen LogP contribution in [0, 0.1) is 17.8 Å². The number of carboxylic acid groups (broad SMARTS) is 1. The van der Waals surface area contributed by atoms with Crippen molar-refractivity contribution in [2.24, 2.45) is 55.8 Å². The first-order chi connectivity index (χ1) is 60.1. The van der Waals surface area contributed by atoms with Crippen molar-refractivity contribution in [2.75, 3.05) is 103 Å². The number of nitrogens with two attached hydrogens (primary N) is 4. The van der Waals surface area contributed by atoms with Gasteiger partial charge in [-0.15, -0.1) is 0 Å². The van der Waals surface area contributed by atoms with Crippen molar-refractivity contribution in [1.82, 2.24) is 82.3 Å². The lowest BCUT2D eigenvalue weighted by Crippen LogP contribution is -2.61. The predicted molar refractivity (Wildman–Crippen MR) is 468 cm³/mol. The molecule has 20 N–H and O–H groups in total. The van der Waals surface area contributed by atoms with Gasteiger partial charge in [0, 0.05) is 144 Å². The van der Waals surface area contributed by atoms with Gasteiger partial charge in [0.1, 0.15) is 60.2 Å². The van der Waals surface area contributed by atoms with Gasteiger partial charge in [-0.3, -0.25) is 82.1 Å². The van der Waals surface area contributed by atoms with Gasteiger partial charge >= 0.3 is 5.97 Å². The largest absolute Gasteiger partial charge is 0.480 e. The van der Waals surface area contributed by atoms with Gasteiger partial charge in [-0.2, -0.15) is 0 Å². The smallest absolute Gasteiger partial charge is 0.326 e. The molecule has 0 aliphatic carbocycles. The van der Waals surface area contributed by atoms with Crippen molar-refractivity contribution in [1.29, 1.82) is 0 Å². The SMILES string of the molecule is CC(C)C[C@H](NC(=O)[C@H](CCCN=C(N)N)NC(=O)[C@@H]1CCCN1C(=O)[C@H](CCCN=C(N)N)NC(=O)[C@@H]1CCC(=O)N1)C(=O)N[C@H]1CSSCC(C(=O)N[C@@H](Cc2ccccc2)C(=O)O)CC(=O)[C@@H]2CCCN(C1=O)[C@@H](Cc1cnc[nH]1)C(=O)N[C@@H](CCCCNC(=O)CN1CCN(C(=O)CCCCCN=[N+]=[N-])CC1CO)C(=O)NCCN1CCC[C@H]1CC2. The number of carbonyl (C=O) groups is 14. The number of benzene rings is 1. The van der Waals surface area contributed by atoms with Gasteiger partial charge in [0.15, 0.2) is 11.9 Å². The number of amides is 12. The fraction of sp³-hybridized carbons (Fsp3) is 0.695. The van der Waals surface area contributed by atoms with Crippen LogP contribution in [0.25, 0.3) is 10.4 Å². The highest BCUT2D eigenvalue weighted by Gasteiger charge is 2.44. The highest BCUT2D eigenvalue weighted by molar-refractivity contribution is 8.76. The molecule has 1 aromatic heterocycles. The Morgan fingerprint density at radius 3 is 2.13 bits per heavy atom. The summed E-state index contributed by atoms with van der Waals surface area (Å²) in [5, 5.41) is 50.2.